The summed E-state index contributed by atoms with van der Waals surface area (Å²) in [6.07, 6.45) is -1.21. The van der Waals surface area contributed by atoms with Crippen molar-refractivity contribution in [1.29, 1.82) is 0 Å². The summed E-state index contributed by atoms with van der Waals surface area (Å²) in [5.74, 6) is 0.482. The van der Waals surface area contributed by atoms with Crippen LogP contribution in [0, 0.1) is 0 Å². The van der Waals surface area contributed by atoms with Crippen LogP contribution in [-0.4, -0.2) is 66.6 Å². The van der Waals surface area contributed by atoms with Gasteiger partial charge in [0.1, 0.15) is 51.1 Å². The van der Waals surface area contributed by atoms with Crippen molar-refractivity contribution in [3.63, 3.8) is 0 Å². The second kappa shape index (κ2) is 9.24. The molecule has 0 saturated carbocycles. The lowest BCUT2D eigenvalue weighted by atomic mass is 10.0. The van der Waals surface area contributed by atoms with Crippen molar-refractivity contribution < 1.29 is 33.2 Å². The van der Waals surface area contributed by atoms with Crippen LogP contribution in [0.1, 0.15) is 0 Å². The molecular formula is C12H22O7. The first kappa shape index (κ1) is 16.4. The quantitative estimate of drug-likeness (QED) is 0.569. The molecule has 0 radical (unpaired) electrons. The third-order valence-corrected chi connectivity index (χ3v) is 2.56. The summed E-state index contributed by atoms with van der Waals surface area (Å²) in [7, 11) is 4.63. The number of methoxy groups -OCH3 is 3. The van der Waals surface area contributed by atoms with Gasteiger partial charge in [-0.2, -0.15) is 0 Å². The molecule has 19 heavy (non-hydrogen) atoms. The van der Waals surface area contributed by atoms with E-state index in [4.69, 9.17) is 33.2 Å². The summed E-state index contributed by atoms with van der Waals surface area (Å²) in [6, 6.07) is 0. The molecule has 112 valence electrons. The first-order valence-electron chi connectivity index (χ1n) is 5.87. The van der Waals surface area contributed by atoms with Gasteiger partial charge in [-0.3, -0.25) is 0 Å². The SMILES string of the molecule is C=C1OC[C@@H](OCOC)[C@H](OCOC)[C@H]1OCOC. The Bertz CT molecular complexity index is 258. The Morgan fingerprint density at radius 2 is 1.58 bits per heavy atom. The minimum absolute atomic E-state index is 0.108. The van der Waals surface area contributed by atoms with Gasteiger partial charge in [0, 0.05) is 21.3 Å². The molecule has 0 aliphatic carbocycles. The fraction of sp³-hybridized carbons (Fsp3) is 0.833. The topological polar surface area (TPSA) is 64.6 Å². The fourth-order valence-corrected chi connectivity index (χ4v) is 1.71. The maximum atomic E-state index is 5.60. The summed E-state index contributed by atoms with van der Waals surface area (Å²) in [4.78, 5) is 0. The molecule has 0 amide bonds. The normalized spacial score (nSPS) is 27.3. The molecule has 0 aromatic rings. The van der Waals surface area contributed by atoms with E-state index in [0.717, 1.165) is 0 Å². The van der Waals surface area contributed by atoms with Crippen molar-refractivity contribution in [3.8, 4) is 0 Å². The van der Waals surface area contributed by atoms with E-state index < -0.39 is 12.2 Å². The molecule has 1 fully saturated rings. The second-order valence-electron chi connectivity index (χ2n) is 3.92. The van der Waals surface area contributed by atoms with E-state index in [0.29, 0.717) is 12.4 Å². The van der Waals surface area contributed by atoms with Gasteiger partial charge in [0.05, 0.1) is 0 Å². The molecular weight excluding hydrogens is 256 g/mol. The zero-order chi connectivity index (χ0) is 14.1. The first-order chi connectivity index (χ1) is 9.24. The van der Waals surface area contributed by atoms with Crippen molar-refractivity contribution in [2.24, 2.45) is 0 Å². The van der Waals surface area contributed by atoms with Crippen LogP contribution in [0.25, 0.3) is 0 Å². The van der Waals surface area contributed by atoms with E-state index in [-0.39, 0.29) is 26.5 Å². The predicted octanol–water partition coefficient (Wildman–Crippen LogP) is 0.498. The van der Waals surface area contributed by atoms with Crippen molar-refractivity contribution >= 4 is 0 Å². The monoisotopic (exact) mass is 278 g/mol. The summed E-state index contributed by atoms with van der Waals surface area (Å²) in [5, 5.41) is 0. The maximum absolute atomic E-state index is 5.60. The van der Waals surface area contributed by atoms with E-state index >= 15 is 0 Å². The van der Waals surface area contributed by atoms with Gasteiger partial charge in [-0.05, 0) is 0 Å². The van der Waals surface area contributed by atoms with Crippen LogP contribution in [-0.2, 0) is 33.2 Å². The standard InChI is InChI=1S/C12H22O7/c1-9-11(18-7-14-3)12(19-8-15-4)10(5-16-9)17-6-13-2/h10-12H,1,5-8H2,2-4H3/t10-,11+,12+/m1/s1. The van der Waals surface area contributed by atoms with Crippen LogP contribution >= 0.6 is 0 Å². The lowest BCUT2D eigenvalue weighted by Crippen LogP contribution is -2.50. The van der Waals surface area contributed by atoms with E-state index in [1.165, 1.54) is 7.11 Å². The van der Waals surface area contributed by atoms with E-state index in [9.17, 15) is 0 Å². The molecule has 0 aromatic heterocycles. The highest BCUT2D eigenvalue weighted by Crippen LogP contribution is 2.25. The summed E-state index contributed by atoms with van der Waals surface area (Å²) in [5.41, 5.74) is 0. The van der Waals surface area contributed by atoms with E-state index in [1.807, 2.05) is 0 Å². The molecule has 3 atom stereocenters. The molecule has 0 spiro atoms. The average molecular weight is 278 g/mol. The molecule has 1 heterocycles. The second-order valence-corrected chi connectivity index (χ2v) is 3.92. The highest BCUT2D eigenvalue weighted by Gasteiger charge is 2.39. The number of hydrogen-bond donors (Lipinski definition) is 0. The number of hydrogen-bond acceptors (Lipinski definition) is 7. The van der Waals surface area contributed by atoms with Crippen LogP contribution in [0.15, 0.2) is 12.3 Å². The zero-order valence-corrected chi connectivity index (χ0v) is 11.6. The first-order valence-corrected chi connectivity index (χ1v) is 5.87. The summed E-state index contributed by atoms with van der Waals surface area (Å²) < 4.78 is 36.8. The third kappa shape index (κ3) is 5.06. The molecule has 7 nitrogen and oxygen atoms in total. The summed E-state index contributed by atoms with van der Waals surface area (Å²) >= 11 is 0. The molecule has 1 rings (SSSR count). The van der Waals surface area contributed by atoms with E-state index in [2.05, 4.69) is 6.58 Å². The van der Waals surface area contributed by atoms with Gasteiger partial charge < -0.3 is 33.2 Å². The molecule has 7 heteroatoms. The van der Waals surface area contributed by atoms with E-state index in [1.54, 1.807) is 14.2 Å². The summed E-state index contributed by atoms with van der Waals surface area (Å²) in [6.45, 7) is 4.51. The highest BCUT2D eigenvalue weighted by molar-refractivity contribution is 5.04. The van der Waals surface area contributed by atoms with Crippen molar-refractivity contribution in [1.82, 2.24) is 0 Å². The Kier molecular flexibility index (Phi) is 7.96. The van der Waals surface area contributed by atoms with Gasteiger partial charge in [0.15, 0.2) is 0 Å². The molecule has 1 saturated heterocycles. The lowest BCUT2D eigenvalue weighted by Gasteiger charge is -2.38. The highest BCUT2D eigenvalue weighted by atomic mass is 16.7. The van der Waals surface area contributed by atoms with Crippen molar-refractivity contribution in [2.45, 2.75) is 18.3 Å². The Labute approximate surface area is 113 Å². The van der Waals surface area contributed by atoms with Gasteiger partial charge in [-0.15, -0.1) is 0 Å². The van der Waals surface area contributed by atoms with Crippen LogP contribution < -0.4 is 0 Å². The smallest absolute Gasteiger partial charge is 0.147 e. The Balaban J connectivity index is 2.66. The van der Waals surface area contributed by atoms with Crippen LogP contribution in [0.4, 0.5) is 0 Å². The van der Waals surface area contributed by atoms with Gasteiger partial charge in [0.25, 0.3) is 0 Å². The third-order valence-electron chi connectivity index (χ3n) is 2.56. The van der Waals surface area contributed by atoms with Gasteiger partial charge in [-0.25, -0.2) is 0 Å². The molecule has 1 aliphatic rings. The van der Waals surface area contributed by atoms with Crippen LogP contribution in [0.5, 0.6) is 0 Å². The Morgan fingerprint density at radius 1 is 1.00 bits per heavy atom. The molecule has 0 aromatic carbocycles. The minimum Gasteiger partial charge on any atom is -0.493 e. The zero-order valence-electron chi connectivity index (χ0n) is 11.6. The van der Waals surface area contributed by atoms with Gasteiger partial charge in [-0.1, -0.05) is 6.58 Å². The van der Waals surface area contributed by atoms with Crippen molar-refractivity contribution in [3.05, 3.63) is 12.3 Å². The average Bonchev–Trinajstić information content (AvgIpc) is 2.42. The Morgan fingerprint density at radius 3 is 2.21 bits per heavy atom. The molecule has 0 unspecified atom stereocenters. The largest absolute Gasteiger partial charge is 0.493 e. The van der Waals surface area contributed by atoms with Gasteiger partial charge in [0.2, 0.25) is 0 Å². The Hall–Kier alpha value is -0.700. The van der Waals surface area contributed by atoms with Crippen LogP contribution in [0.2, 0.25) is 0 Å². The fourth-order valence-electron chi connectivity index (χ4n) is 1.71. The van der Waals surface area contributed by atoms with Crippen molar-refractivity contribution in [2.75, 3.05) is 48.3 Å². The number of rotatable bonds is 9. The number of ether oxygens (including phenoxy) is 7. The molecule has 0 bridgehead atoms. The predicted molar refractivity (Wildman–Crippen MR) is 65.3 cm³/mol. The lowest BCUT2D eigenvalue weighted by molar-refractivity contribution is -0.232. The minimum atomic E-state index is -0.481. The maximum Gasteiger partial charge on any atom is 0.147 e. The molecule has 0 N–H and O–H groups in total. The molecule has 1 aliphatic heterocycles. The van der Waals surface area contributed by atoms with Gasteiger partial charge >= 0.3 is 0 Å². The van der Waals surface area contributed by atoms with Crippen LogP contribution in [0.3, 0.4) is 0 Å².